The summed E-state index contributed by atoms with van der Waals surface area (Å²) in [4.78, 5) is 10.8. The molecule has 0 spiro atoms. The van der Waals surface area contributed by atoms with Gasteiger partial charge in [0.1, 0.15) is 5.82 Å². The van der Waals surface area contributed by atoms with Crippen LogP contribution in [0.25, 0.3) is 0 Å². The first-order chi connectivity index (χ1) is 15.3. The van der Waals surface area contributed by atoms with Crippen molar-refractivity contribution >= 4 is 22.4 Å². The number of halogens is 3. The van der Waals surface area contributed by atoms with Crippen molar-refractivity contribution in [3.05, 3.63) is 47.5 Å². The van der Waals surface area contributed by atoms with Crippen LogP contribution in [0.1, 0.15) is 55.0 Å². The molecule has 10 heteroatoms. The summed E-state index contributed by atoms with van der Waals surface area (Å²) >= 11 is 0. The minimum atomic E-state index is -4.78. The van der Waals surface area contributed by atoms with Crippen LogP contribution >= 0.6 is 0 Å². The minimum Gasteiger partial charge on any atom is -0.396 e. The lowest BCUT2D eigenvalue weighted by Crippen LogP contribution is -2.44. The largest absolute Gasteiger partial charge is 0.485 e. The molecule has 2 unspecified atom stereocenters. The fourth-order valence-corrected chi connectivity index (χ4v) is 5.45. The first-order valence-corrected chi connectivity index (χ1v) is 12.1. The molecule has 2 fully saturated rings. The Balaban J connectivity index is 1.57. The molecule has 1 aromatic heterocycles. The molecule has 0 amide bonds. The van der Waals surface area contributed by atoms with Gasteiger partial charge in [0.05, 0.1) is 24.6 Å². The number of hydrogen-bond donors (Lipinski definition) is 1. The second kappa shape index (κ2) is 8.30. The highest BCUT2D eigenvalue weighted by Gasteiger charge is 2.45. The lowest BCUT2D eigenvalue weighted by atomic mass is 10.00. The number of fused-ring (bicyclic) bond motifs is 1. The monoisotopic (exact) mass is 465 g/mol. The van der Waals surface area contributed by atoms with Gasteiger partial charge in [0.25, 0.3) is 0 Å². The van der Waals surface area contributed by atoms with Crippen LogP contribution in [0.3, 0.4) is 0 Å². The summed E-state index contributed by atoms with van der Waals surface area (Å²) in [5.74, 6) is 1.41. The molecule has 2 heterocycles. The van der Waals surface area contributed by atoms with Crippen LogP contribution in [0.2, 0.25) is 0 Å². The van der Waals surface area contributed by atoms with E-state index in [1.54, 1.807) is 12.4 Å². The molecule has 2 aromatic rings. The molecule has 2 atom stereocenters. The number of hydrogen-bond acceptors (Lipinski definition) is 5. The SMILES string of the molecule is Nc1cnc(CN2c3cccc(C4CC4)c3CN(S(=O)C(F)(F)F)CC2CC2CC2)nc1. The van der Waals surface area contributed by atoms with E-state index in [2.05, 4.69) is 14.9 Å². The van der Waals surface area contributed by atoms with Crippen LogP contribution in [-0.2, 0) is 24.1 Å². The molecule has 2 aliphatic carbocycles. The molecule has 172 valence electrons. The summed E-state index contributed by atoms with van der Waals surface area (Å²) in [6, 6.07) is 5.74. The number of alkyl halides is 3. The van der Waals surface area contributed by atoms with Crippen LogP contribution in [0, 0.1) is 5.92 Å². The molecule has 1 aliphatic heterocycles. The van der Waals surface area contributed by atoms with Crippen molar-refractivity contribution in [2.45, 2.75) is 62.7 Å². The molecule has 1 aromatic carbocycles. The van der Waals surface area contributed by atoms with Crippen molar-refractivity contribution in [2.24, 2.45) is 5.92 Å². The molecule has 0 saturated heterocycles. The molecule has 0 bridgehead atoms. The Bertz CT molecular complexity index is 1010. The van der Waals surface area contributed by atoms with E-state index >= 15 is 0 Å². The van der Waals surface area contributed by atoms with Gasteiger partial charge in [0, 0.05) is 24.8 Å². The number of rotatable bonds is 6. The predicted molar refractivity (Wildman–Crippen MR) is 117 cm³/mol. The third kappa shape index (κ3) is 4.61. The lowest BCUT2D eigenvalue weighted by Gasteiger charge is -2.34. The van der Waals surface area contributed by atoms with Gasteiger partial charge in [0.2, 0.25) is 11.0 Å². The topological polar surface area (TPSA) is 75.3 Å². The van der Waals surface area contributed by atoms with Crippen LogP contribution < -0.4 is 10.6 Å². The molecule has 0 radical (unpaired) electrons. The van der Waals surface area contributed by atoms with Gasteiger partial charge in [-0.3, -0.25) is 0 Å². The van der Waals surface area contributed by atoms with E-state index in [1.165, 1.54) is 0 Å². The van der Waals surface area contributed by atoms with Crippen LogP contribution in [0.15, 0.2) is 30.6 Å². The Morgan fingerprint density at radius 2 is 1.84 bits per heavy atom. The van der Waals surface area contributed by atoms with Crippen molar-refractivity contribution < 1.29 is 17.4 Å². The van der Waals surface area contributed by atoms with E-state index in [0.29, 0.717) is 29.9 Å². The van der Waals surface area contributed by atoms with Crippen molar-refractivity contribution in [1.82, 2.24) is 14.3 Å². The smallest absolute Gasteiger partial charge is 0.396 e. The summed E-state index contributed by atoms with van der Waals surface area (Å²) in [6.07, 6.45) is 8.08. The Hall–Kier alpha value is -2.20. The zero-order chi connectivity index (χ0) is 22.5. The van der Waals surface area contributed by atoms with Gasteiger partial charge in [-0.15, -0.1) is 0 Å². The maximum atomic E-state index is 13.5. The quantitative estimate of drug-likeness (QED) is 0.695. The molecule has 2 N–H and O–H groups in total. The Morgan fingerprint density at radius 1 is 1.12 bits per heavy atom. The first kappa shape index (κ1) is 21.6. The summed E-state index contributed by atoms with van der Waals surface area (Å²) in [5.41, 5.74) is 4.23. The summed E-state index contributed by atoms with van der Waals surface area (Å²) < 4.78 is 54.1. The zero-order valence-electron chi connectivity index (χ0n) is 17.6. The highest BCUT2D eigenvalue weighted by Crippen LogP contribution is 2.46. The van der Waals surface area contributed by atoms with Gasteiger partial charge in [0.15, 0.2) is 0 Å². The fraction of sp³-hybridized carbons (Fsp3) is 0.545. The third-order valence-electron chi connectivity index (χ3n) is 6.48. The Labute approximate surface area is 187 Å². The van der Waals surface area contributed by atoms with E-state index in [4.69, 9.17) is 5.73 Å². The normalized spacial score (nSPS) is 23.0. The molecule has 2 saturated carbocycles. The van der Waals surface area contributed by atoms with E-state index in [9.17, 15) is 17.4 Å². The van der Waals surface area contributed by atoms with Gasteiger partial charge in [-0.25, -0.2) is 18.5 Å². The van der Waals surface area contributed by atoms with Gasteiger partial charge in [-0.1, -0.05) is 25.0 Å². The van der Waals surface area contributed by atoms with Crippen LogP contribution in [0.5, 0.6) is 0 Å². The zero-order valence-corrected chi connectivity index (χ0v) is 18.4. The van der Waals surface area contributed by atoms with E-state index < -0.39 is 16.5 Å². The summed E-state index contributed by atoms with van der Waals surface area (Å²) in [6.45, 7) is 0.468. The first-order valence-electron chi connectivity index (χ1n) is 11.0. The number of nitrogen functional groups attached to an aromatic ring is 1. The average molecular weight is 466 g/mol. The number of aromatic nitrogens is 2. The van der Waals surface area contributed by atoms with Crippen LogP contribution in [-0.4, -0.2) is 36.6 Å². The van der Waals surface area contributed by atoms with E-state index in [0.717, 1.165) is 53.2 Å². The van der Waals surface area contributed by atoms with Gasteiger partial charge in [-0.05, 0) is 48.3 Å². The number of nitrogens with two attached hydrogens (primary N) is 1. The molecule has 6 nitrogen and oxygen atoms in total. The second-order valence-corrected chi connectivity index (χ2v) is 10.5. The molecular formula is C22H26F3N5OS. The lowest BCUT2D eigenvalue weighted by molar-refractivity contribution is -0.0431. The maximum Gasteiger partial charge on any atom is 0.485 e. The van der Waals surface area contributed by atoms with E-state index in [-0.39, 0.29) is 19.1 Å². The van der Waals surface area contributed by atoms with Crippen molar-refractivity contribution in [3.63, 3.8) is 0 Å². The second-order valence-electron chi connectivity index (χ2n) is 9.03. The van der Waals surface area contributed by atoms with Gasteiger partial charge in [-0.2, -0.15) is 13.2 Å². The number of benzene rings is 1. The molecular weight excluding hydrogens is 439 g/mol. The van der Waals surface area contributed by atoms with Crippen molar-refractivity contribution in [3.8, 4) is 0 Å². The number of anilines is 2. The van der Waals surface area contributed by atoms with Gasteiger partial charge < -0.3 is 10.6 Å². The maximum absolute atomic E-state index is 13.5. The third-order valence-corrected chi connectivity index (χ3v) is 7.62. The molecule has 5 rings (SSSR count). The van der Waals surface area contributed by atoms with Crippen LogP contribution in [0.4, 0.5) is 24.5 Å². The standard InChI is InChI=1S/C22H26F3N5OS/c23-22(24,25)32(31)29-11-17(8-14-4-5-14)30(13-21-27-9-16(26)10-28-21)20-3-1-2-18(15-6-7-15)19(20)12-29/h1-3,9-10,14-15,17H,4-8,11-13,26H2. The highest BCUT2D eigenvalue weighted by atomic mass is 32.2. The summed E-state index contributed by atoms with van der Waals surface area (Å²) in [5, 5.41) is 0. The van der Waals surface area contributed by atoms with E-state index in [1.807, 2.05) is 18.2 Å². The number of nitrogens with zero attached hydrogens (tertiary/aromatic N) is 4. The Morgan fingerprint density at radius 3 is 2.47 bits per heavy atom. The summed E-state index contributed by atoms with van der Waals surface area (Å²) in [7, 11) is -3.06. The predicted octanol–water partition coefficient (Wildman–Crippen LogP) is 4.11. The highest BCUT2D eigenvalue weighted by molar-refractivity contribution is 7.83. The fourth-order valence-electron chi connectivity index (χ4n) is 4.61. The van der Waals surface area contributed by atoms with Crippen molar-refractivity contribution in [2.75, 3.05) is 17.2 Å². The van der Waals surface area contributed by atoms with Crippen molar-refractivity contribution in [1.29, 1.82) is 0 Å². The van der Waals surface area contributed by atoms with Gasteiger partial charge >= 0.3 is 5.51 Å². The minimum absolute atomic E-state index is 0.0222. The average Bonchev–Trinajstić information content (AvgIpc) is 3.65. The Kier molecular flexibility index (Phi) is 5.61. The molecule has 3 aliphatic rings. The molecule has 32 heavy (non-hydrogen) atoms.